The number of nitrogens with zero attached hydrogens (tertiary/aromatic N) is 1. The lowest BCUT2D eigenvalue weighted by Crippen LogP contribution is -2.11. The first-order valence-corrected chi connectivity index (χ1v) is 6.77. The topological polar surface area (TPSA) is 45.0 Å². The Morgan fingerprint density at radius 2 is 1.90 bits per heavy atom. The molecular weight excluding hydrogens is 267 g/mol. The van der Waals surface area contributed by atoms with Crippen LogP contribution in [0.3, 0.4) is 0 Å². The predicted octanol–water partition coefficient (Wildman–Crippen LogP) is 4.29. The number of hydrogen-bond acceptors (Lipinski definition) is 3. The Morgan fingerprint density at radius 1 is 1.14 bits per heavy atom. The minimum atomic E-state index is -0.641. The van der Waals surface area contributed by atoms with Crippen LogP contribution in [0.4, 0.5) is 10.1 Å². The number of hydrogen-bond donors (Lipinski definition) is 1. The average molecular weight is 284 g/mol. The zero-order chi connectivity index (χ0) is 15.2. The maximum atomic E-state index is 13.7. The van der Waals surface area contributed by atoms with Crippen molar-refractivity contribution in [2.24, 2.45) is 0 Å². The van der Waals surface area contributed by atoms with Crippen LogP contribution in [0.25, 0.3) is 0 Å². The fourth-order valence-electron chi connectivity index (χ4n) is 1.96. The van der Waals surface area contributed by atoms with Gasteiger partial charge in [0.05, 0.1) is 17.9 Å². The third-order valence-corrected chi connectivity index (χ3v) is 2.87. The number of para-hydroxylation sites is 1. The average Bonchev–Trinajstić information content (AvgIpc) is 2.46. The van der Waals surface area contributed by atoms with Gasteiger partial charge in [0.1, 0.15) is 17.6 Å². The summed E-state index contributed by atoms with van der Waals surface area (Å²) in [5, 5.41) is 12.2. The number of rotatable bonds is 5. The highest BCUT2D eigenvalue weighted by atomic mass is 19.1. The second-order valence-corrected chi connectivity index (χ2v) is 4.93. The summed E-state index contributed by atoms with van der Waals surface area (Å²) in [6, 6.07) is 15.1. The standard InChI is InChI=1S/C17H17FN2O/c1-12(2)21-14-7-5-6-13(10-14)17(11-19)20-16-9-4-3-8-15(16)18/h3-10,12,17,20H,1-2H3. The van der Waals surface area contributed by atoms with Gasteiger partial charge < -0.3 is 10.1 Å². The largest absolute Gasteiger partial charge is 0.491 e. The fourth-order valence-corrected chi connectivity index (χ4v) is 1.96. The second kappa shape index (κ2) is 6.76. The van der Waals surface area contributed by atoms with Crippen LogP contribution >= 0.6 is 0 Å². The first kappa shape index (κ1) is 14.9. The normalized spacial score (nSPS) is 11.8. The van der Waals surface area contributed by atoms with Gasteiger partial charge >= 0.3 is 0 Å². The Bertz CT molecular complexity index is 649. The Morgan fingerprint density at radius 3 is 2.57 bits per heavy atom. The molecule has 0 spiro atoms. The van der Waals surface area contributed by atoms with E-state index in [9.17, 15) is 9.65 Å². The molecule has 21 heavy (non-hydrogen) atoms. The molecule has 1 atom stereocenters. The molecule has 2 aromatic rings. The van der Waals surface area contributed by atoms with Crippen LogP contribution in [-0.2, 0) is 0 Å². The zero-order valence-electron chi connectivity index (χ0n) is 12.0. The van der Waals surface area contributed by atoms with E-state index in [1.165, 1.54) is 6.07 Å². The van der Waals surface area contributed by atoms with Crippen molar-refractivity contribution in [3.05, 3.63) is 59.9 Å². The van der Waals surface area contributed by atoms with Crippen molar-refractivity contribution in [1.82, 2.24) is 0 Å². The lowest BCUT2D eigenvalue weighted by molar-refractivity contribution is 0.242. The molecule has 0 fully saturated rings. The highest BCUT2D eigenvalue weighted by molar-refractivity contribution is 5.49. The maximum absolute atomic E-state index is 13.7. The van der Waals surface area contributed by atoms with Crippen molar-refractivity contribution in [2.75, 3.05) is 5.32 Å². The summed E-state index contributed by atoms with van der Waals surface area (Å²) in [6.45, 7) is 3.87. The van der Waals surface area contributed by atoms with Crippen molar-refractivity contribution in [2.45, 2.75) is 26.0 Å². The van der Waals surface area contributed by atoms with E-state index in [-0.39, 0.29) is 11.9 Å². The lowest BCUT2D eigenvalue weighted by atomic mass is 10.1. The summed E-state index contributed by atoms with van der Waals surface area (Å²) in [6.07, 6.45) is 0.0558. The molecule has 108 valence electrons. The molecule has 1 unspecified atom stereocenters. The highest BCUT2D eigenvalue weighted by Crippen LogP contribution is 2.24. The molecule has 0 aromatic heterocycles. The van der Waals surface area contributed by atoms with Gasteiger partial charge in [-0.05, 0) is 43.7 Å². The number of halogens is 1. The molecule has 4 heteroatoms. The van der Waals surface area contributed by atoms with Crippen LogP contribution in [0, 0.1) is 17.1 Å². The molecule has 0 radical (unpaired) electrons. The smallest absolute Gasteiger partial charge is 0.146 e. The Kier molecular flexibility index (Phi) is 4.78. The van der Waals surface area contributed by atoms with E-state index < -0.39 is 6.04 Å². The SMILES string of the molecule is CC(C)Oc1cccc(C(C#N)Nc2ccccc2F)c1. The number of benzene rings is 2. The summed E-state index contributed by atoms with van der Waals surface area (Å²) in [7, 11) is 0. The van der Waals surface area contributed by atoms with Gasteiger partial charge in [-0.1, -0.05) is 24.3 Å². The van der Waals surface area contributed by atoms with Crippen LogP contribution in [-0.4, -0.2) is 6.10 Å². The highest BCUT2D eigenvalue weighted by Gasteiger charge is 2.13. The molecule has 2 aromatic carbocycles. The number of nitriles is 1. The molecule has 0 saturated carbocycles. The van der Waals surface area contributed by atoms with E-state index in [4.69, 9.17) is 4.74 Å². The van der Waals surface area contributed by atoms with Crippen molar-refractivity contribution in [3.8, 4) is 11.8 Å². The van der Waals surface area contributed by atoms with Crippen LogP contribution in [0.5, 0.6) is 5.75 Å². The Balaban J connectivity index is 2.22. The first-order chi connectivity index (χ1) is 10.1. The molecule has 0 bridgehead atoms. The van der Waals surface area contributed by atoms with Gasteiger partial charge in [-0.15, -0.1) is 0 Å². The summed E-state index contributed by atoms with van der Waals surface area (Å²) < 4.78 is 19.3. The molecule has 0 aliphatic heterocycles. The molecule has 3 nitrogen and oxygen atoms in total. The second-order valence-electron chi connectivity index (χ2n) is 4.93. The maximum Gasteiger partial charge on any atom is 0.146 e. The molecule has 0 heterocycles. The molecule has 0 aliphatic carbocycles. The summed E-state index contributed by atoms with van der Waals surface area (Å²) >= 11 is 0. The quantitative estimate of drug-likeness (QED) is 0.890. The van der Waals surface area contributed by atoms with Crippen molar-refractivity contribution in [1.29, 1.82) is 5.26 Å². The first-order valence-electron chi connectivity index (χ1n) is 6.77. The van der Waals surface area contributed by atoms with Crippen molar-refractivity contribution >= 4 is 5.69 Å². The van der Waals surface area contributed by atoms with Gasteiger partial charge in [-0.3, -0.25) is 0 Å². The zero-order valence-corrected chi connectivity index (χ0v) is 12.0. The molecular formula is C17H17FN2O. The van der Waals surface area contributed by atoms with Gasteiger partial charge in [0, 0.05) is 0 Å². The molecule has 1 N–H and O–H groups in total. The van der Waals surface area contributed by atoms with Crippen LogP contribution < -0.4 is 10.1 Å². The minimum absolute atomic E-state index is 0.0558. The van der Waals surface area contributed by atoms with E-state index in [2.05, 4.69) is 11.4 Å². The van der Waals surface area contributed by atoms with Gasteiger partial charge in [0.25, 0.3) is 0 Å². The van der Waals surface area contributed by atoms with Gasteiger partial charge in [0.2, 0.25) is 0 Å². The third-order valence-electron chi connectivity index (χ3n) is 2.87. The van der Waals surface area contributed by atoms with Crippen molar-refractivity contribution < 1.29 is 9.13 Å². The minimum Gasteiger partial charge on any atom is -0.491 e. The summed E-state index contributed by atoms with van der Waals surface area (Å²) in [4.78, 5) is 0. The molecule has 0 saturated heterocycles. The number of nitrogens with one attached hydrogen (secondary N) is 1. The summed E-state index contributed by atoms with van der Waals surface area (Å²) in [5.41, 5.74) is 1.04. The third kappa shape index (κ3) is 3.96. The number of ether oxygens (including phenoxy) is 1. The van der Waals surface area contributed by atoms with Gasteiger partial charge in [-0.2, -0.15) is 5.26 Å². The van der Waals surface area contributed by atoms with E-state index in [0.29, 0.717) is 11.4 Å². The molecule has 2 rings (SSSR count). The van der Waals surface area contributed by atoms with Crippen LogP contribution in [0.15, 0.2) is 48.5 Å². The van der Waals surface area contributed by atoms with Crippen LogP contribution in [0.1, 0.15) is 25.5 Å². The van der Waals surface area contributed by atoms with E-state index >= 15 is 0 Å². The van der Waals surface area contributed by atoms with Gasteiger partial charge in [-0.25, -0.2) is 4.39 Å². The predicted molar refractivity (Wildman–Crippen MR) is 80.6 cm³/mol. The Hall–Kier alpha value is -2.54. The Labute approximate surface area is 124 Å². The molecule has 0 amide bonds. The van der Waals surface area contributed by atoms with Crippen molar-refractivity contribution in [3.63, 3.8) is 0 Å². The lowest BCUT2D eigenvalue weighted by Gasteiger charge is -2.16. The van der Waals surface area contributed by atoms with E-state index in [0.717, 1.165) is 5.56 Å². The van der Waals surface area contributed by atoms with Crippen LogP contribution in [0.2, 0.25) is 0 Å². The fraction of sp³-hybridized carbons (Fsp3) is 0.235. The van der Waals surface area contributed by atoms with Gasteiger partial charge in [0.15, 0.2) is 0 Å². The molecule has 0 aliphatic rings. The number of anilines is 1. The van der Waals surface area contributed by atoms with E-state index in [1.807, 2.05) is 32.0 Å². The van der Waals surface area contributed by atoms with E-state index in [1.54, 1.807) is 24.3 Å². The summed E-state index contributed by atoms with van der Waals surface area (Å²) in [5.74, 6) is 0.311. The monoisotopic (exact) mass is 284 g/mol.